The maximum Gasteiger partial charge on any atom is 0.274 e. The third kappa shape index (κ3) is 3.93. The van der Waals surface area contributed by atoms with Crippen LogP contribution in [0.4, 0.5) is 11.4 Å². The van der Waals surface area contributed by atoms with Crippen molar-refractivity contribution in [2.24, 2.45) is 0 Å². The average Bonchev–Trinajstić information content (AvgIpc) is 2.79. The van der Waals surface area contributed by atoms with Gasteiger partial charge in [0.25, 0.3) is 11.6 Å². The second-order valence-electron chi connectivity index (χ2n) is 6.96. The maximum atomic E-state index is 13.2. The third-order valence-corrected chi connectivity index (χ3v) is 5.10. The summed E-state index contributed by atoms with van der Waals surface area (Å²) in [4.78, 5) is 28.7. The van der Waals surface area contributed by atoms with Gasteiger partial charge < -0.3 is 10.1 Å². The lowest BCUT2D eigenvalue weighted by atomic mass is 10.0. The van der Waals surface area contributed by atoms with E-state index in [4.69, 9.17) is 9.72 Å². The van der Waals surface area contributed by atoms with Crippen molar-refractivity contribution in [3.05, 3.63) is 94.0 Å². The third-order valence-electron chi connectivity index (χ3n) is 5.10. The number of amides is 1. The average molecular weight is 413 g/mol. The Kier molecular flexibility index (Phi) is 5.32. The number of pyridine rings is 1. The topological polar surface area (TPSA) is 94.4 Å². The number of anilines is 1. The Balaban J connectivity index is 1.78. The molecule has 0 aliphatic carbocycles. The molecule has 7 heteroatoms. The lowest BCUT2D eigenvalue weighted by molar-refractivity contribution is -0.385. The lowest BCUT2D eigenvalue weighted by Crippen LogP contribution is -2.14. The van der Waals surface area contributed by atoms with Gasteiger partial charge in [-0.05, 0) is 49.4 Å². The fourth-order valence-electron chi connectivity index (χ4n) is 3.42. The summed E-state index contributed by atoms with van der Waals surface area (Å²) < 4.78 is 5.21. The first-order valence-electron chi connectivity index (χ1n) is 9.57. The van der Waals surface area contributed by atoms with Gasteiger partial charge in [-0.2, -0.15) is 0 Å². The molecule has 3 aromatic carbocycles. The number of rotatable bonds is 5. The van der Waals surface area contributed by atoms with Crippen LogP contribution in [0.3, 0.4) is 0 Å². The minimum Gasteiger partial charge on any atom is -0.497 e. The molecule has 31 heavy (non-hydrogen) atoms. The molecule has 1 N–H and O–H groups in total. The number of carbonyl (C=O) groups excluding carboxylic acids is 1. The molecular formula is C24H19N3O4. The van der Waals surface area contributed by atoms with Crippen LogP contribution in [0, 0.1) is 17.0 Å². The van der Waals surface area contributed by atoms with Crippen molar-refractivity contribution in [3.8, 4) is 17.0 Å². The second-order valence-corrected chi connectivity index (χ2v) is 6.96. The van der Waals surface area contributed by atoms with E-state index in [1.54, 1.807) is 32.2 Å². The molecule has 7 nitrogen and oxygen atoms in total. The molecule has 0 radical (unpaired) electrons. The molecule has 4 aromatic rings. The number of carbonyl (C=O) groups is 1. The number of methoxy groups -OCH3 is 1. The summed E-state index contributed by atoms with van der Waals surface area (Å²) in [6.07, 6.45) is 0. The van der Waals surface area contributed by atoms with Crippen LogP contribution >= 0.6 is 0 Å². The number of nitro groups is 1. The quantitative estimate of drug-likeness (QED) is 0.350. The van der Waals surface area contributed by atoms with E-state index in [1.807, 2.05) is 48.5 Å². The van der Waals surface area contributed by atoms with Gasteiger partial charge in [-0.25, -0.2) is 4.98 Å². The monoisotopic (exact) mass is 413 g/mol. The van der Waals surface area contributed by atoms with E-state index in [2.05, 4.69) is 5.32 Å². The summed E-state index contributed by atoms with van der Waals surface area (Å²) in [7, 11) is 1.60. The molecule has 0 saturated carbocycles. The number of nitrogens with one attached hydrogen (secondary N) is 1. The largest absolute Gasteiger partial charge is 0.497 e. The minimum absolute atomic E-state index is 0.0451. The normalized spacial score (nSPS) is 10.6. The number of para-hydroxylation sites is 1. The standard InChI is InChI=1S/C24H19N3O4/c1-15-20(8-5-9-23(15)27(29)30)26-24(28)19-14-22(16-10-12-17(31-2)13-11-16)25-21-7-4-3-6-18(19)21/h3-14H,1-2H3,(H,26,28). The van der Waals surface area contributed by atoms with Crippen LogP contribution in [0.25, 0.3) is 22.2 Å². The number of nitro benzene ring substituents is 1. The van der Waals surface area contributed by atoms with Crippen molar-refractivity contribution < 1.29 is 14.5 Å². The van der Waals surface area contributed by atoms with Gasteiger partial charge in [0, 0.05) is 17.0 Å². The minimum atomic E-state index is -0.464. The molecular weight excluding hydrogens is 394 g/mol. The zero-order chi connectivity index (χ0) is 22.0. The van der Waals surface area contributed by atoms with E-state index in [-0.39, 0.29) is 11.6 Å². The van der Waals surface area contributed by atoms with E-state index in [9.17, 15) is 14.9 Å². The summed E-state index contributed by atoms with van der Waals surface area (Å²) in [6.45, 7) is 1.61. The Morgan fingerprint density at radius 3 is 2.48 bits per heavy atom. The van der Waals surface area contributed by atoms with Crippen LogP contribution in [0.1, 0.15) is 15.9 Å². The van der Waals surface area contributed by atoms with E-state index in [0.29, 0.717) is 33.4 Å². The van der Waals surface area contributed by atoms with Crippen molar-refractivity contribution in [3.63, 3.8) is 0 Å². The number of aromatic nitrogens is 1. The number of hydrogen-bond donors (Lipinski definition) is 1. The van der Waals surface area contributed by atoms with Crippen LogP contribution in [0.5, 0.6) is 5.75 Å². The summed E-state index contributed by atoms with van der Waals surface area (Å²) in [5.41, 5.74) is 3.34. The number of hydrogen-bond acceptors (Lipinski definition) is 5. The van der Waals surface area contributed by atoms with Gasteiger partial charge in [-0.15, -0.1) is 0 Å². The number of nitrogens with zero attached hydrogens (tertiary/aromatic N) is 2. The van der Waals surface area contributed by atoms with Gasteiger partial charge in [0.15, 0.2) is 0 Å². The molecule has 0 unspecified atom stereocenters. The zero-order valence-electron chi connectivity index (χ0n) is 17.0. The number of benzene rings is 3. The SMILES string of the molecule is COc1ccc(-c2cc(C(=O)Nc3cccc([N+](=O)[O-])c3C)c3ccccc3n2)cc1. The van der Waals surface area contributed by atoms with Crippen LogP contribution in [-0.4, -0.2) is 22.9 Å². The molecule has 0 spiro atoms. The van der Waals surface area contributed by atoms with Gasteiger partial charge in [0.05, 0.1) is 40.1 Å². The smallest absolute Gasteiger partial charge is 0.274 e. The Morgan fingerprint density at radius 2 is 1.77 bits per heavy atom. The molecule has 1 amide bonds. The van der Waals surface area contributed by atoms with E-state index in [0.717, 1.165) is 11.3 Å². The van der Waals surface area contributed by atoms with Crippen LogP contribution in [0.15, 0.2) is 72.8 Å². The summed E-state index contributed by atoms with van der Waals surface area (Å²) in [6, 6.07) is 21.1. The van der Waals surface area contributed by atoms with Crippen molar-refractivity contribution >= 4 is 28.2 Å². The molecule has 0 fully saturated rings. The van der Waals surface area contributed by atoms with Gasteiger partial charge in [0.1, 0.15) is 5.75 Å². The Morgan fingerprint density at radius 1 is 1.03 bits per heavy atom. The molecule has 0 atom stereocenters. The number of fused-ring (bicyclic) bond motifs is 1. The highest BCUT2D eigenvalue weighted by Gasteiger charge is 2.18. The molecule has 154 valence electrons. The first-order chi connectivity index (χ1) is 15.0. The Hall–Kier alpha value is -4.26. The maximum absolute atomic E-state index is 13.2. The fourth-order valence-corrected chi connectivity index (χ4v) is 3.42. The van der Waals surface area contributed by atoms with Crippen molar-refractivity contribution in [1.29, 1.82) is 0 Å². The van der Waals surface area contributed by atoms with Gasteiger partial charge in [0.2, 0.25) is 0 Å². The van der Waals surface area contributed by atoms with E-state index in [1.165, 1.54) is 6.07 Å². The summed E-state index contributed by atoms with van der Waals surface area (Å²) in [5.74, 6) is 0.362. The molecule has 0 aliphatic rings. The molecule has 1 heterocycles. The Labute approximate surface area is 178 Å². The van der Waals surface area contributed by atoms with Crippen LogP contribution in [0.2, 0.25) is 0 Å². The van der Waals surface area contributed by atoms with E-state index < -0.39 is 4.92 Å². The van der Waals surface area contributed by atoms with E-state index >= 15 is 0 Å². The molecule has 0 bridgehead atoms. The molecule has 0 saturated heterocycles. The van der Waals surface area contributed by atoms with Crippen molar-refractivity contribution in [2.75, 3.05) is 12.4 Å². The van der Waals surface area contributed by atoms with Crippen LogP contribution < -0.4 is 10.1 Å². The summed E-state index contributed by atoms with van der Waals surface area (Å²) in [5, 5.41) is 14.7. The molecule has 1 aromatic heterocycles. The highest BCUT2D eigenvalue weighted by molar-refractivity contribution is 6.13. The van der Waals surface area contributed by atoms with Crippen molar-refractivity contribution in [1.82, 2.24) is 4.98 Å². The van der Waals surface area contributed by atoms with Crippen molar-refractivity contribution in [2.45, 2.75) is 6.92 Å². The number of ether oxygens (including phenoxy) is 1. The summed E-state index contributed by atoms with van der Waals surface area (Å²) >= 11 is 0. The first kappa shape index (κ1) is 20.0. The first-order valence-corrected chi connectivity index (χ1v) is 9.57. The molecule has 4 rings (SSSR count). The molecule has 0 aliphatic heterocycles. The Bertz CT molecular complexity index is 1300. The predicted octanol–water partition coefficient (Wildman–Crippen LogP) is 5.38. The fraction of sp³-hybridized carbons (Fsp3) is 0.0833. The highest BCUT2D eigenvalue weighted by atomic mass is 16.6. The van der Waals surface area contributed by atoms with Gasteiger partial charge in [-0.1, -0.05) is 24.3 Å². The zero-order valence-corrected chi connectivity index (χ0v) is 17.0. The van der Waals surface area contributed by atoms with Gasteiger partial charge >= 0.3 is 0 Å². The van der Waals surface area contributed by atoms with Crippen LogP contribution in [-0.2, 0) is 0 Å². The van der Waals surface area contributed by atoms with Gasteiger partial charge in [-0.3, -0.25) is 14.9 Å². The lowest BCUT2D eigenvalue weighted by Gasteiger charge is -2.12. The predicted molar refractivity (Wildman–Crippen MR) is 120 cm³/mol. The second kappa shape index (κ2) is 8.23. The highest BCUT2D eigenvalue weighted by Crippen LogP contribution is 2.29.